The summed E-state index contributed by atoms with van der Waals surface area (Å²) in [7, 11) is 0. The molecule has 0 atom stereocenters. The molecule has 1 aliphatic carbocycles. The van der Waals surface area contributed by atoms with Gasteiger partial charge in [0.05, 0.1) is 0 Å². The molecule has 0 unspecified atom stereocenters. The van der Waals surface area contributed by atoms with E-state index in [1.807, 2.05) is 0 Å². The molecule has 0 N–H and O–H groups in total. The van der Waals surface area contributed by atoms with Crippen LogP contribution in [0.3, 0.4) is 0 Å². The van der Waals surface area contributed by atoms with Crippen LogP contribution < -0.4 is 0 Å². The molecule has 0 spiro atoms. The number of rotatable bonds is 0. The monoisotopic (exact) mass is 214 g/mol. The SMILES string of the molecule is C1=C\c2[se]nnc2CCCC/1. The summed E-state index contributed by atoms with van der Waals surface area (Å²) >= 11 is 0.295. The van der Waals surface area contributed by atoms with Crippen LogP contribution in [0.1, 0.15) is 29.4 Å². The maximum absolute atomic E-state index is 4.14. The summed E-state index contributed by atoms with van der Waals surface area (Å²) in [6.45, 7) is 0. The fourth-order valence-electron chi connectivity index (χ4n) is 1.26. The standard InChI is InChI=1S/C8H10N2Se/c1-2-4-6-8-7(5-3-1)9-10-11-8/h4,6H,1-3,5H2/b6-4-. The predicted molar refractivity (Wildman–Crippen MR) is 45.6 cm³/mol. The molecule has 2 rings (SSSR count). The normalized spacial score (nSPS) is 20.0. The van der Waals surface area contributed by atoms with E-state index in [1.54, 1.807) is 0 Å². The van der Waals surface area contributed by atoms with Crippen LogP contribution in [-0.2, 0) is 6.42 Å². The third-order valence-corrected chi connectivity index (χ3v) is 3.42. The van der Waals surface area contributed by atoms with Crippen molar-refractivity contribution >= 4 is 20.8 Å². The van der Waals surface area contributed by atoms with Crippen molar-refractivity contribution in [3.05, 3.63) is 16.2 Å². The number of aryl methyl sites for hydroxylation is 1. The first kappa shape index (κ1) is 7.26. The van der Waals surface area contributed by atoms with Gasteiger partial charge in [-0.25, -0.2) is 0 Å². The third kappa shape index (κ3) is 1.60. The van der Waals surface area contributed by atoms with Gasteiger partial charge in [-0.1, -0.05) is 0 Å². The zero-order chi connectivity index (χ0) is 7.52. The first-order valence-electron chi connectivity index (χ1n) is 3.94. The Bertz CT molecular complexity index is 265. The van der Waals surface area contributed by atoms with E-state index in [9.17, 15) is 0 Å². The summed E-state index contributed by atoms with van der Waals surface area (Å²) in [4.78, 5) is 0. The van der Waals surface area contributed by atoms with Crippen molar-refractivity contribution in [2.24, 2.45) is 0 Å². The van der Waals surface area contributed by atoms with Crippen LogP contribution >= 0.6 is 0 Å². The third-order valence-electron chi connectivity index (χ3n) is 1.89. The Labute approximate surface area is 72.3 Å². The maximum atomic E-state index is 4.14. The molecule has 0 bridgehead atoms. The first-order chi connectivity index (χ1) is 5.47. The summed E-state index contributed by atoms with van der Waals surface area (Å²) in [5.74, 6) is 0. The molecule has 0 saturated heterocycles. The molecule has 11 heavy (non-hydrogen) atoms. The Balaban J connectivity index is 2.31. The minimum absolute atomic E-state index is 0.295. The van der Waals surface area contributed by atoms with Gasteiger partial charge in [0.2, 0.25) is 0 Å². The topological polar surface area (TPSA) is 25.8 Å². The molecule has 1 aromatic heterocycles. The van der Waals surface area contributed by atoms with Gasteiger partial charge < -0.3 is 0 Å². The van der Waals surface area contributed by atoms with Crippen molar-refractivity contribution in [1.82, 2.24) is 9.19 Å². The predicted octanol–water partition coefficient (Wildman–Crippen LogP) is 1.27. The van der Waals surface area contributed by atoms with Crippen molar-refractivity contribution in [2.45, 2.75) is 25.7 Å². The van der Waals surface area contributed by atoms with Crippen LogP contribution in [0, 0.1) is 0 Å². The van der Waals surface area contributed by atoms with E-state index in [2.05, 4.69) is 21.3 Å². The van der Waals surface area contributed by atoms with E-state index in [0.29, 0.717) is 14.7 Å². The van der Waals surface area contributed by atoms with Crippen LogP contribution in [0.5, 0.6) is 0 Å². The van der Waals surface area contributed by atoms with Crippen molar-refractivity contribution in [1.29, 1.82) is 0 Å². The molecule has 0 aliphatic heterocycles. The van der Waals surface area contributed by atoms with Crippen LogP contribution in [0.25, 0.3) is 6.08 Å². The minimum atomic E-state index is 0.295. The van der Waals surface area contributed by atoms with Gasteiger partial charge >= 0.3 is 71.9 Å². The van der Waals surface area contributed by atoms with E-state index in [0.717, 1.165) is 6.42 Å². The number of nitrogens with zero attached hydrogens (tertiary/aromatic N) is 2. The molecule has 0 fully saturated rings. The van der Waals surface area contributed by atoms with Crippen molar-refractivity contribution in [2.75, 3.05) is 0 Å². The van der Waals surface area contributed by atoms with Crippen molar-refractivity contribution < 1.29 is 0 Å². The summed E-state index contributed by atoms with van der Waals surface area (Å²) in [6, 6.07) is 0. The molecule has 58 valence electrons. The van der Waals surface area contributed by atoms with Crippen LogP contribution in [-0.4, -0.2) is 23.9 Å². The number of fused-ring (bicyclic) bond motifs is 1. The fourth-order valence-corrected chi connectivity index (χ4v) is 2.59. The zero-order valence-electron chi connectivity index (χ0n) is 6.29. The van der Waals surface area contributed by atoms with Crippen molar-refractivity contribution in [3.63, 3.8) is 0 Å². The van der Waals surface area contributed by atoms with Crippen LogP contribution in [0.4, 0.5) is 0 Å². The molecular weight excluding hydrogens is 203 g/mol. The zero-order valence-corrected chi connectivity index (χ0v) is 8.00. The Hall–Kier alpha value is -0.401. The molecule has 0 radical (unpaired) electrons. The van der Waals surface area contributed by atoms with E-state index < -0.39 is 0 Å². The van der Waals surface area contributed by atoms with Gasteiger partial charge in [-0.2, -0.15) is 0 Å². The Kier molecular flexibility index (Phi) is 2.20. The van der Waals surface area contributed by atoms with Gasteiger partial charge in [-0.15, -0.1) is 0 Å². The second-order valence-electron chi connectivity index (χ2n) is 2.73. The van der Waals surface area contributed by atoms with Gasteiger partial charge in [0.1, 0.15) is 0 Å². The summed E-state index contributed by atoms with van der Waals surface area (Å²) in [5.41, 5.74) is 1.25. The fraction of sp³-hybridized carbons (Fsp3) is 0.500. The number of allylic oxidation sites excluding steroid dienone is 1. The molecule has 3 heteroatoms. The number of hydrogen-bond donors (Lipinski definition) is 0. The quantitative estimate of drug-likeness (QED) is 0.606. The summed E-state index contributed by atoms with van der Waals surface area (Å²) < 4.78 is 5.47. The second-order valence-corrected chi connectivity index (χ2v) is 4.38. The van der Waals surface area contributed by atoms with Gasteiger partial charge in [0, 0.05) is 0 Å². The average Bonchev–Trinajstić information content (AvgIpc) is 2.35. The van der Waals surface area contributed by atoms with Crippen LogP contribution in [0.2, 0.25) is 0 Å². The molecule has 1 aromatic rings. The second kappa shape index (κ2) is 3.33. The average molecular weight is 213 g/mol. The Morgan fingerprint density at radius 1 is 1.36 bits per heavy atom. The molecule has 0 aromatic carbocycles. The van der Waals surface area contributed by atoms with Gasteiger partial charge in [0.25, 0.3) is 0 Å². The molecule has 1 aliphatic rings. The number of hydrogen-bond acceptors (Lipinski definition) is 2. The molecule has 2 nitrogen and oxygen atoms in total. The number of aromatic nitrogens is 2. The summed E-state index contributed by atoms with van der Waals surface area (Å²) in [5, 5.41) is 4.14. The van der Waals surface area contributed by atoms with Gasteiger partial charge in [-0.3, -0.25) is 0 Å². The van der Waals surface area contributed by atoms with Gasteiger partial charge in [-0.05, 0) is 0 Å². The van der Waals surface area contributed by atoms with Crippen molar-refractivity contribution in [3.8, 4) is 0 Å². The first-order valence-corrected chi connectivity index (χ1v) is 5.57. The Morgan fingerprint density at radius 2 is 2.36 bits per heavy atom. The Morgan fingerprint density at radius 3 is 3.36 bits per heavy atom. The summed E-state index contributed by atoms with van der Waals surface area (Å²) in [6.07, 6.45) is 9.42. The molecule has 1 heterocycles. The van der Waals surface area contributed by atoms with E-state index >= 15 is 0 Å². The van der Waals surface area contributed by atoms with E-state index in [4.69, 9.17) is 0 Å². The van der Waals surface area contributed by atoms with Gasteiger partial charge in [0.15, 0.2) is 0 Å². The molecule has 0 amide bonds. The molecule has 0 saturated carbocycles. The van der Waals surface area contributed by atoms with Crippen LogP contribution in [0.15, 0.2) is 6.08 Å². The van der Waals surface area contributed by atoms with E-state index in [1.165, 1.54) is 29.4 Å². The molecular formula is C8H10N2Se. The van der Waals surface area contributed by atoms with E-state index in [-0.39, 0.29) is 0 Å².